The van der Waals surface area contributed by atoms with Gasteiger partial charge in [0.1, 0.15) is 0 Å². The fourth-order valence-electron chi connectivity index (χ4n) is 2.84. The van der Waals surface area contributed by atoms with E-state index >= 15 is 0 Å². The molecular formula is C16H15Cl2N3O. The lowest BCUT2D eigenvalue weighted by Crippen LogP contribution is -2.23. The number of amides is 1. The normalized spacial score (nSPS) is 17.0. The largest absolute Gasteiger partial charge is 0.333 e. The summed E-state index contributed by atoms with van der Waals surface area (Å²) >= 11 is 12.2. The Bertz CT molecular complexity index is 754. The average Bonchev–Trinajstić information content (AvgIpc) is 2.98. The van der Waals surface area contributed by atoms with E-state index in [1.807, 2.05) is 12.1 Å². The van der Waals surface area contributed by atoms with Gasteiger partial charge in [0.2, 0.25) is 0 Å². The van der Waals surface area contributed by atoms with E-state index in [0.717, 1.165) is 16.8 Å². The Hall–Kier alpha value is -1.78. The summed E-state index contributed by atoms with van der Waals surface area (Å²) < 4.78 is 0. The van der Waals surface area contributed by atoms with Crippen molar-refractivity contribution in [1.82, 2.24) is 15.1 Å². The highest BCUT2D eigenvalue weighted by Crippen LogP contribution is 2.37. The zero-order chi connectivity index (χ0) is 15.9. The molecule has 1 amide bonds. The smallest absolute Gasteiger partial charge is 0.274 e. The summed E-state index contributed by atoms with van der Waals surface area (Å²) in [6.45, 7) is 3.77. The van der Waals surface area contributed by atoms with E-state index in [1.54, 1.807) is 24.1 Å². The lowest BCUT2D eigenvalue weighted by Gasteiger charge is -2.20. The third-order valence-electron chi connectivity index (χ3n) is 3.98. The van der Waals surface area contributed by atoms with E-state index in [0.29, 0.717) is 28.6 Å². The summed E-state index contributed by atoms with van der Waals surface area (Å²) in [5, 5.41) is 8.37. The number of hydrogen-bond donors (Lipinski definition) is 1. The fourth-order valence-corrected chi connectivity index (χ4v) is 3.31. The zero-order valence-electron chi connectivity index (χ0n) is 12.1. The molecule has 1 aliphatic rings. The van der Waals surface area contributed by atoms with Crippen molar-refractivity contribution in [1.29, 1.82) is 0 Å². The Labute approximate surface area is 138 Å². The molecule has 3 rings (SSSR count). The Morgan fingerprint density at radius 2 is 2.23 bits per heavy atom. The van der Waals surface area contributed by atoms with Crippen LogP contribution in [0, 0.1) is 0 Å². The summed E-state index contributed by atoms with van der Waals surface area (Å²) in [7, 11) is 1.79. The van der Waals surface area contributed by atoms with E-state index in [4.69, 9.17) is 23.2 Å². The van der Waals surface area contributed by atoms with Gasteiger partial charge in [-0.2, -0.15) is 5.10 Å². The predicted molar refractivity (Wildman–Crippen MR) is 87.5 cm³/mol. The van der Waals surface area contributed by atoms with Crippen molar-refractivity contribution in [2.24, 2.45) is 0 Å². The van der Waals surface area contributed by atoms with E-state index in [1.165, 1.54) is 0 Å². The fraction of sp³-hybridized carbons (Fsp3) is 0.250. The first-order valence-corrected chi connectivity index (χ1v) is 7.67. The van der Waals surface area contributed by atoms with Crippen LogP contribution >= 0.6 is 23.2 Å². The van der Waals surface area contributed by atoms with Crippen molar-refractivity contribution in [3.63, 3.8) is 0 Å². The second-order valence-corrected chi connectivity index (χ2v) is 6.18. The van der Waals surface area contributed by atoms with Crippen LogP contribution in [0.5, 0.6) is 0 Å². The number of nitrogens with one attached hydrogen (secondary N) is 1. The van der Waals surface area contributed by atoms with Gasteiger partial charge in [-0.05, 0) is 24.1 Å². The first kappa shape index (κ1) is 15.1. The number of hydrogen-bond acceptors (Lipinski definition) is 2. The number of halogens is 2. The molecule has 4 nitrogen and oxygen atoms in total. The maximum Gasteiger partial charge on any atom is 0.274 e. The van der Waals surface area contributed by atoms with Crippen molar-refractivity contribution < 1.29 is 4.79 Å². The van der Waals surface area contributed by atoms with Crippen LogP contribution in [0.25, 0.3) is 0 Å². The standard InChI is InChI=1S/C16H15Cl2N3O/c1-3-4-13-14-12(19-20-15(14)16(22)21(13)2)7-9-5-6-10(17)8-11(9)18/h3,5-6,8,13H,1,4,7H2,2H3,(H,19,20). The molecule has 0 bridgehead atoms. The van der Waals surface area contributed by atoms with Gasteiger partial charge in [-0.15, -0.1) is 6.58 Å². The van der Waals surface area contributed by atoms with Crippen molar-refractivity contribution >= 4 is 29.1 Å². The third kappa shape index (κ3) is 2.42. The number of fused-ring (bicyclic) bond motifs is 1. The molecule has 1 N–H and O–H groups in total. The molecule has 1 atom stereocenters. The van der Waals surface area contributed by atoms with Crippen molar-refractivity contribution in [3.8, 4) is 0 Å². The highest BCUT2D eigenvalue weighted by atomic mass is 35.5. The lowest BCUT2D eigenvalue weighted by atomic mass is 10.00. The summed E-state index contributed by atoms with van der Waals surface area (Å²) in [5.74, 6) is -0.0634. The molecule has 0 saturated heterocycles. The van der Waals surface area contributed by atoms with Crippen LogP contribution < -0.4 is 0 Å². The molecule has 0 spiro atoms. The molecule has 0 radical (unpaired) electrons. The molecule has 2 heterocycles. The number of aromatic nitrogens is 2. The lowest BCUT2D eigenvalue weighted by molar-refractivity contribution is 0.0769. The molecule has 1 unspecified atom stereocenters. The van der Waals surface area contributed by atoms with E-state index < -0.39 is 0 Å². The Kier molecular flexibility index (Phi) is 3.98. The monoisotopic (exact) mass is 335 g/mol. The van der Waals surface area contributed by atoms with Crippen molar-refractivity contribution in [2.75, 3.05) is 7.05 Å². The number of rotatable bonds is 4. The van der Waals surface area contributed by atoms with Gasteiger partial charge < -0.3 is 4.90 Å². The van der Waals surface area contributed by atoms with Crippen LogP contribution in [0.4, 0.5) is 0 Å². The van der Waals surface area contributed by atoms with Gasteiger partial charge in [-0.1, -0.05) is 35.3 Å². The average molecular weight is 336 g/mol. The third-order valence-corrected chi connectivity index (χ3v) is 4.57. The molecule has 1 aromatic heterocycles. The minimum atomic E-state index is -0.0634. The molecule has 2 aromatic rings. The minimum Gasteiger partial charge on any atom is -0.333 e. The number of H-pyrrole nitrogens is 1. The molecule has 0 aliphatic carbocycles. The van der Waals surface area contributed by atoms with Crippen LogP contribution in [-0.2, 0) is 6.42 Å². The van der Waals surface area contributed by atoms with Gasteiger partial charge in [-0.3, -0.25) is 9.89 Å². The Balaban J connectivity index is 1.99. The van der Waals surface area contributed by atoms with Gasteiger partial charge >= 0.3 is 0 Å². The molecule has 6 heteroatoms. The van der Waals surface area contributed by atoms with E-state index in [2.05, 4.69) is 16.8 Å². The van der Waals surface area contributed by atoms with Gasteiger partial charge in [0.15, 0.2) is 5.69 Å². The molecule has 1 aliphatic heterocycles. The number of aromatic amines is 1. The highest BCUT2D eigenvalue weighted by Gasteiger charge is 2.38. The van der Waals surface area contributed by atoms with Gasteiger partial charge in [-0.25, -0.2) is 0 Å². The number of benzene rings is 1. The van der Waals surface area contributed by atoms with Crippen LogP contribution in [0.1, 0.15) is 39.8 Å². The van der Waals surface area contributed by atoms with Gasteiger partial charge in [0.25, 0.3) is 5.91 Å². The summed E-state index contributed by atoms with van der Waals surface area (Å²) in [5.41, 5.74) is 3.29. The molecule has 22 heavy (non-hydrogen) atoms. The Morgan fingerprint density at radius 3 is 2.91 bits per heavy atom. The Morgan fingerprint density at radius 1 is 1.45 bits per heavy atom. The van der Waals surface area contributed by atoms with Crippen LogP contribution in [-0.4, -0.2) is 28.1 Å². The van der Waals surface area contributed by atoms with Crippen LogP contribution in [0.2, 0.25) is 10.0 Å². The van der Waals surface area contributed by atoms with Crippen LogP contribution in [0.15, 0.2) is 30.9 Å². The minimum absolute atomic E-state index is 0.0279. The molecular weight excluding hydrogens is 321 g/mol. The second kappa shape index (κ2) is 5.78. The molecule has 1 aromatic carbocycles. The number of carbonyl (C=O) groups is 1. The summed E-state index contributed by atoms with van der Waals surface area (Å²) in [6, 6.07) is 5.38. The summed E-state index contributed by atoms with van der Waals surface area (Å²) in [6.07, 6.45) is 3.08. The molecule has 0 saturated carbocycles. The summed E-state index contributed by atoms with van der Waals surface area (Å²) in [4.78, 5) is 13.9. The van der Waals surface area contributed by atoms with Gasteiger partial charge in [0, 0.05) is 34.8 Å². The zero-order valence-corrected chi connectivity index (χ0v) is 13.6. The predicted octanol–water partition coefficient (Wildman–Crippen LogP) is 4.01. The van der Waals surface area contributed by atoms with Crippen molar-refractivity contribution in [2.45, 2.75) is 18.9 Å². The first-order chi connectivity index (χ1) is 10.5. The second-order valence-electron chi connectivity index (χ2n) is 5.33. The topological polar surface area (TPSA) is 49.0 Å². The maximum absolute atomic E-state index is 12.2. The maximum atomic E-state index is 12.2. The van der Waals surface area contributed by atoms with E-state index in [9.17, 15) is 4.79 Å². The number of nitrogens with zero attached hydrogens (tertiary/aromatic N) is 2. The number of carbonyl (C=O) groups excluding carboxylic acids is 1. The first-order valence-electron chi connectivity index (χ1n) is 6.92. The van der Waals surface area contributed by atoms with Crippen LogP contribution in [0.3, 0.4) is 0 Å². The van der Waals surface area contributed by atoms with Crippen molar-refractivity contribution in [3.05, 3.63) is 63.4 Å². The SMILES string of the molecule is C=CCC1c2c(n[nH]c2Cc2ccc(Cl)cc2Cl)C(=O)N1C. The molecule has 0 fully saturated rings. The molecule has 114 valence electrons. The van der Waals surface area contributed by atoms with Gasteiger partial charge in [0.05, 0.1) is 6.04 Å². The quantitative estimate of drug-likeness (QED) is 0.858. The van der Waals surface area contributed by atoms with E-state index in [-0.39, 0.29) is 11.9 Å². The highest BCUT2D eigenvalue weighted by molar-refractivity contribution is 6.35.